The number of hydrogen-bond donors (Lipinski definition) is 1. The molecule has 2 fully saturated rings. The second-order valence-corrected chi connectivity index (χ2v) is 8.74. The van der Waals surface area contributed by atoms with Gasteiger partial charge in [-0.3, -0.25) is 4.79 Å². The highest BCUT2D eigenvalue weighted by Crippen LogP contribution is 2.64. The number of carboxylic acids is 1. The van der Waals surface area contributed by atoms with Crippen LogP contribution in [0.3, 0.4) is 0 Å². The molecule has 0 aromatic heterocycles. The Morgan fingerprint density at radius 2 is 2.04 bits per heavy atom. The molecule has 0 aromatic rings. The first kappa shape index (κ1) is 15.9. The number of carbonyl (C=O) groups is 2. The maximum atomic E-state index is 12.0. The maximum absolute atomic E-state index is 12.0. The van der Waals surface area contributed by atoms with Gasteiger partial charge < -0.3 is 9.84 Å². The molecular formula is C20H26O4. The van der Waals surface area contributed by atoms with E-state index in [9.17, 15) is 14.7 Å². The molecule has 1 aliphatic heterocycles. The van der Waals surface area contributed by atoms with Crippen molar-refractivity contribution in [2.24, 2.45) is 34.5 Å². The summed E-state index contributed by atoms with van der Waals surface area (Å²) >= 11 is 0. The fraction of sp³-hybridized carbons (Fsp3) is 0.700. The molecule has 0 unspecified atom stereocenters. The fourth-order valence-corrected chi connectivity index (χ4v) is 6.39. The number of carboxylic acid groups (broad SMARTS) is 1. The highest BCUT2D eigenvalue weighted by atomic mass is 16.5. The Bertz CT molecular complexity index is 675. The van der Waals surface area contributed by atoms with E-state index in [4.69, 9.17) is 4.74 Å². The normalized spacial score (nSPS) is 46.9. The topological polar surface area (TPSA) is 63.6 Å². The van der Waals surface area contributed by atoms with Crippen molar-refractivity contribution < 1.29 is 19.4 Å². The van der Waals surface area contributed by atoms with E-state index in [-0.39, 0.29) is 17.3 Å². The van der Waals surface area contributed by atoms with Gasteiger partial charge >= 0.3 is 11.9 Å². The number of ether oxygens (including phenoxy) is 1. The molecule has 0 spiro atoms. The third-order valence-corrected chi connectivity index (χ3v) is 7.71. The molecule has 4 aliphatic rings. The van der Waals surface area contributed by atoms with Crippen LogP contribution in [0.15, 0.2) is 23.5 Å². The van der Waals surface area contributed by atoms with Crippen molar-refractivity contribution in [1.82, 2.24) is 0 Å². The summed E-state index contributed by atoms with van der Waals surface area (Å²) in [4.78, 5) is 23.7. The minimum absolute atomic E-state index is 0.0317. The molecule has 6 atom stereocenters. The third kappa shape index (κ3) is 1.91. The lowest BCUT2D eigenvalue weighted by molar-refractivity contribution is -0.168. The summed E-state index contributed by atoms with van der Waals surface area (Å²) < 4.78 is 5.42. The monoisotopic (exact) mass is 330 g/mol. The Morgan fingerprint density at radius 1 is 1.29 bits per heavy atom. The predicted molar refractivity (Wildman–Crippen MR) is 88.8 cm³/mol. The van der Waals surface area contributed by atoms with Crippen molar-refractivity contribution in [1.29, 1.82) is 0 Å². The fourth-order valence-electron chi connectivity index (χ4n) is 6.39. The number of rotatable bonds is 1. The standard InChI is InChI=1S/C20H26O4/c1-11-12-5-6-16-19(2,7-4-8-20(16,3)18(22)23)14(12)10-15-13(11)9-17(21)24-15/h9-12,14,16H,4-8H2,1-3H3,(H,22,23)/t11-,12+,14-,16-,19-,20-/m1/s1. The van der Waals surface area contributed by atoms with Crippen LogP contribution in [0.25, 0.3) is 0 Å². The van der Waals surface area contributed by atoms with E-state index in [1.165, 1.54) is 0 Å². The van der Waals surface area contributed by atoms with Gasteiger partial charge in [0.1, 0.15) is 5.76 Å². The lowest BCUT2D eigenvalue weighted by atomic mass is 9.44. The van der Waals surface area contributed by atoms with Gasteiger partial charge in [0.15, 0.2) is 0 Å². The first-order valence-electron chi connectivity index (χ1n) is 9.16. The summed E-state index contributed by atoms with van der Waals surface area (Å²) in [6.07, 6.45) is 8.58. The van der Waals surface area contributed by atoms with Crippen LogP contribution in [-0.2, 0) is 14.3 Å². The number of esters is 1. The summed E-state index contributed by atoms with van der Waals surface area (Å²) in [5, 5.41) is 9.89. The minimum atomic E-state index is -0.652. The molecule has 1 heterocycles. The molecule has 4 rings (SSSR count). The lowest BCUT2D eigenvalue weighted by Crippen LogP contribution is -2.56. The van der Waals surface area contributed by atoms with E-state index in [2.05, 4.69) is 19.9 Å². The molecular weight excluding hydrogens is 304 g/mol. The average Bonchev–Trinajstić information content (AvgIpc) is 2.89. The van der Waals surface area contributed by atoms with E-state index in [1.54, 1.807) is 6.08 Å². The number of carbonyl (C=O) groups excluding carboxylic acids is 1. The molecule has 3 aliphatic carbocycles. The Kier molecular flexibility index (Phi) is 3.29. The van der Waals surface area contributed by atoms with Gasteiger partial charge in [0.05, 0.1) is 5.41 Å². The van der Waals surface area contributed by atoms with Crippen molar-refractivity contribution >= 4 is 11.9 Å². The van der Waals surface area contributed by atoms with E-state index in [0.717, 1.165) is 43.4 Å². The molecule has 4 heteroatoms. The first-order valence-corrected chi connectivity index (χ1v) is 9.16. The minimum Gasteiger partial charge on any atom is -0.481 e. The molecule has 2 saturated carbocycles. The van der Waals surface area contributed by atoms with Crippen LogP contribution in [-0.4, -0.2) is 17.0 Å². The molecule has 0 aromatic carbocycles. The Labute approximate surface area is 143 Å². The molecule has 4 nitrogen and oxygen atoms in total. The predicted octanol–water partition coefficient (Wildman–Crippen LogP) is 3.93. The summed E-state index contributed by atoms with van der Waals surface area (Å²) in [5.74, 6) is 1.08. The summed E-state index contributed by atoms with van der Waals surface area (Å²) in [6.45, 7) is 6.42. The molecule has 0 bridgehead atoms. The van der Waals surface area contributed by atoms with Gasteiger partial charge in [0.25, 0.3) is 0 Å². The second kappa shape index (κ2) is 4.96. The maximum Gasteiger partial charge on any atom is 0.336 e. The van der Waals surface area contributed by atoms with Crippen molar-refractivity contribution in [2.45, 2.75) is 52.9 Å². The van der Waals surface area contributed by atoms with E-state index < -0.39 is 11.4 Å². The molecule has 130 valence electrons. The molecule has 1 N–H and O–H groups in total. The highest BCUT2D eigenvalue weighted by Gasteiger charge is 2.60. The SMILES string of the molecule is C[C@H]1C2=CC(=O)OC2=C[C@@H]2[C@H]1CC[C@@H]1[C@]2(C)CCC[C@@]1(C)C(=O)O. The van der Waals surface area contributed by atoms with Crippen LogP contribution in [0.2, 0.25) is 0 Å². The summed E-state index contributed by atoms with van der Waals surface area (Å²) in [5.41, 5.74) is 0.373. The van der Waals surface area contributed by atoms with Crippen LogP contribution in [0.4, 0.5) is 0 Å². The Balaban J connectivity index is 1.78. The average molecular weight is 330 g/mol. The van der Waals surface area contributed by atoms with Gasteiger partial charge in [0.2, 0.25) is 0 Å². The highest BCUT2D eigenvalue weighted by molar-refractivity contribution is 5.88. The van der Waals surface area contributed by atoms with Gasteiger partial charge in [-0.25, -0.2) is 4.79 Å². The van der Waals surface area contributed by atoms with E-state index in [1.807, 2.05) is 6.92 Å². The number of hydrogen-bond acceptors (Lipinski definition) is 3. The number of allylic oxidation sites excluding steroid dienone is 2. The van der Waals surface area contributed by atoms with Gasteiger partial charge in [-0.1, -0.05) is 20.3 Å². The van der Waals surface area contributed by atoms with E-state index in [0.29, 0.717) is 17.8 Å². The van der Waals surface area contributed by atoms with Crippen molar-refractivity contribution in [3.05, 3.63) is 23.5 Å². The van der Waals surface area contributed by atoms with Gasteiger partial charge in [-0.05, 0) is 67.8 Å². The first-order chi connectivity index (χ1) is 11.3. The van der Waals surface area contributed by atoms with Gasteiger partial charge in [-0.2, -0.15) is 0 Å². The summed E-state index contributed by atoms with van der Waals surface area (Å²) in [7, 11) is 0. The molecule has 24 heavy (non-hydrogen) atoms. The van der Waals surface area contributed by atoms with Gasteiger partial charge in [0, 0.05) is 11.6 Å². The van der Waals surface area contributed by atoms with Crippen LogP contribution in [0, 0.1) is 34.5 Å². The zero-order valence-electron chi connectivity index (χ0n) is 14.7. The third-order valence-electron chi connectivity index (χ3n) is 7.71. The van der Waals surface area contributed by atoms with E-state index >= 15 is 0 Å². The zero-order chi connectivity index (χ0) is 17.3. The lowest BCUT2D eigenvalue weighted by Gasteiger charge is -2.60. The van der Waals surface area contributed by atoms with Crippen LogP contribution < -0.4 is 0 Å². The van der Waals surface area contributed by atoms with Crippen molar-refractivity contribution in [2.75, 3.05) is 0 Å². The van der Waals surface area contributed by atoms with Crippen molar-refractivity contribution in [3.8, 4) is 0 Å². The second-order valence-electron chi connectivity index (χ2n) is 8.74. The van der Waals surface area contributed by atoms with Crippen LogP contribution >= 0.6 is 0 Å². The quantitative estimate of drug-likeness (QED) is 0.740. The van der Waals surface area contributed by atoms with Gasteiger partial charge in [-0.15, -0.1) is 0 Å². The number of aliphatic carboxylic acids is 1. The smallest absolute Gasteiger partial charge is 0.336 e. The summed E-state index contributed by atoms with van der Waals surface area (Å²) in [6, 6.07) is 0. The number of fused-ring (bicyclic) bond motifs is 4. The molecule has 0 amide bonds. The van der Waals surface area contributed by atoms with Crippen LogP contribution in [0.1, 0.15) is 52.9 Å². The molecule has 0 radical (unpaired) electrons. The Hall–Kier alpha value is -1.58. The largest absolute Gasteiger partial charge is 0.481 e. The zero-order valence-corrected chi connectivity index (χ0v) is 14.7. The molecule has 0 saturated heterocycles. The van der Waals surface area contributed by atoms with Crippen LogP contribution in [0.5, 0.6) is 0 Å². The Morgan fingerprint density at radius 3 is 2.75 bits per heavy atom. The van der Waals surface area contributed by atoms with Crippen molar-refractivity contribution in [3.63, 3.8) is 0 Å².